The molecule has 0 saturated heterocycles. The van der Waals surface area contributed by atoms with Crippen LogP contribution in [0.15, 0.2) is 36.4 Å². The molecule has 2 aromatic carbocycles. The summed E-state index contributed by atoms with van der Waals surface area (Å²) < 4.78 is 29.0. The molecule has 0 aliphatic rings. The molecule has 0 unspecified atom stereocenters. The number of aliphatic carboxylic acids is 1. The highest BCUT2D eigenvalue weighted by atomic mass is 19.1. The predicted molar refractivity (Wildman–Crippen MR) is 147 cm³/mol. The van der Waals surface area contributed by atoms with Gasteiger partial charge in [-0.05, 0) is 55.9 Å². The third-order valence-corrected chi connectivity index (χ3v) is 6.23. The van der Waals surface area contributed by atoms with Crippen LogP contribution in [-0.4, -0.2) is 95.1 Å². The van der Waals surface area contributed by atoms with Gasteiger partial charge in [0.2, 0.25) is 5.91 Å². The number of nitrogens with one attached hydrogen (secondary N) is 2. The summed E-state index contributed by atoms with van der Waals surface area (Å²) >= 11 is 0. The number of benzene rings is 2. The molecule has 8 N–H and O–H groups in total. The van der Waals surface area contributed by atoms with Gasteiger partial charge in [-0.25, -0.2) is 8.78 Å². The smallest absolute Gasteiger partial charge is 0.480 e. The number of carboxylic acid groups (broad SMARTS) is 1. The molecule has 0 aliphatic carbocycles. The maximum absolute atomic E-state index is 14.7. The summed E-state index contributed by atoms with van der Waals surface area (Å²) in [5.41, 5.74) is 4.74. The summed E-state index contributed by atoms with van der Waals surface area (Å²) in [6.45, 7) is 0.835. The second-order valence-corrected chi connectivity index (χ2v) is 9.37. The molecule has 0 radical (unpaired) electrons. The summed E-state index contributed by atoms with van der Waals surface area (Å²) in [6.07, 6.45) is 1.03. The van der Waals surface area contributed by atoms with Crippen molar-refractivity contribution in [1.29, 1.82) is 0 Å². The summed E-state index contributed by atoms with van der Waals surface area (Å²) in [4.78, 5) is 50.3. The van der Waals surface area contributed by atoms with E-state index in [1.165, 1.54) is 19.1 Å². The number of carboxylic acids is 1. The molecule has 2 atom stereocenters. The lowest BCUT2D eigenvalue weighted by atomic mass is 9.80. The first-order chi connectivity index (χ1) is 19.3. The molecule has 0 fully saturated rings. The average Bonchev–Trinajstić information content (AvgIpc) is 2.93. The van der Waals surface area contributed by atoms with Gasteiger partial charge >= 0.3 is 20.6 Å². The van der Waals surface area contributed by atoms with Crippen LogP contribution in [0.25, 0.3) is 0 Å². The van der Waals surface area contributed by atoms with Crippen molar-refractivity contribution in [2.75, 3.05) is 19.6 Å². The summed E-state index contributed by atoms with van der Waals surface area (Å²) in [5.74, 6) is -5.43. The number of rotatable bonds is 15. The monoisotopic (exact) mass is 576 g/mol. The Hall–Kier alpha value is -3.85. The second-order valence-electron chi connectivity index (χ2n) is 9.37. The summed E-state index contributed by atoms with van der Waals surface area (Å²) in [5, 5.41) is 41.5. The molecule has 16 heteroatoms. The number of carbonyl (C=O) groups excluding carboxylic acids is 3. The third-order valence-electron chi connectivity index (χ3n) is 6.23. The lowest BCUT2D eigenvalue weighted by Crippen LogP contribution is -2.50. The van der Waals surface area contributed by atoms with Crippen LogP contribution in [0.2, 0.25) is 0 Å². The van der Waals surface area contributed by atoms with E-state index in [1.807, 2.05) is 0 Å². The van der Waals surface area contributed by atoms with Gasteiger partial charge in [0.25, 0.3) is 11.8 Å². The van der Waals surface area contributed by atoms with Crippen molar-refractivity contribution in [3.05, 3.63) is 59.2 Å². The van der Waals surface area contributed by atoms with Gasteiger partial charge in [-0.3, -0.25) is 19.2 Å². The first-order valence-corrected chi connectivity index (χ1v) is 12.7. The molecular formula is C25H32B2F2N4O8. The third kappa shape index (κ3) is 9.93. The zero-order valence-corrected chi connectivity index (χ0v) is 22.3. The Morgan fingerprint density at radius 1 is 1.02 bits per heavy atom. The van der Waals surface area contributed by atoms with Crippen LogP contribution in [0.1, 0.15) is 46.9 Å². The molecule has 0 aromatic heterocycles. The van der Waals surface area contributed by atoms with Crippen molar-refractivity contribution in [3.63, 3.8) is 0 Å². The van der Waals surface area contributed by atoms with Gasteiger partial charge in [0.15, 0.2) is 0 Å². The summed E-state index contributed by atoms with van der Waals surface area (Å²) in [7, 11) is -2.39. The van der Waals surface area contributed by atoms with Gasteiger partial charge in [-0.1, -0.05) is 17.6 Å². The second kappa shape index (κ2) is 15.8. The number of halogens is 2. The molecule has 0 spiro atoms. The van der Waals surface area contributed by atoms with E-state index in [2.05, 4.69) is 10.6 Å². The number of hydrogen-bond donors (Lipinski definition) is 7. The van der Waals surface area contributed by atoms with E-state index < -0.39 is 74.1 Å². The fourth-order valence-corrected chi connectivity index (χ4v) is 3.79. The van der Waals surface area contributed by atoms with Crippen molar-refractivity contribution in [2.24, 2.45) is 5.73 Å². The van der Waals surface area contributed by atoms with Crippen molar-refractivity contribution in [3.8, 4) is 0 Å². The topological polar surface area (TPSA) is 203 Å². The van der Waals surface area contributed by atoms with Crippen molar-refractivity contribution >= 4 is 49.2 Å². The zero-order valence-electron chi connectivity index (χ0n) is 22.3. The molecule has 0 bridgehead atoms. The van der Waals surface area contributed by atoms with E-state index in [0.29, 0.717) is 12.8 Å². The normalized spacial score (nSPS) is 12.2. The fraction of sp³-hybridized carbons (Fsp3) is 0.360. The zero-order chi connectivity index (χ0) is 30.7. The van der Waals surface area contributed by atoms with Crippen LogP contribution >= 0.6 is 0 Å². The number of hydrogen-bond acceptors (Lipinski definition) is 8. The lowest BCUT2D eigenvalue weighted by Gasteiger charge is -2.29. The number of nitrogens with two attached hydrogens (primary N) is 1. The molecule has 3 amide bonds. The largest absolute Gasteiger partial charge is 0.488 e. The molecular weight excluding hydrogens is 544 g/mol. The quantitative estimate of drug-likeness (QED) is 0.0890. The SMILES string of the molecule is C[C@@H](CNC(=O)c1ccc(BO)cc1F)N(CC(=O)NCCCC[C@H](N)C(=O)O)C(=O)c1ccc(B(O)O)cc1F. The Labute approximate surface area is 236 Å². The Balaban J connectivity index is 2.13. The Bertz CT molecular complexity index is 1250. The van der Waals surface area contributed by atoms with Crippen molar-refractivity contribution in [1.82, 2.24) is 15.5 Å². The maximum Gasteiger partial charge on any atom is 0.488 e. The minimum absolute atomic E-state index is 0.152. The first kappa shape index (κ1) is 33.4. The van der Waals surface area contributed by atoms with Gasteiger partial charge < -0.3 is 41.4 Å². The number of amides is 3. The molecule has 0 aliphatic heterocycles. The molecule has 41 heavy (non-hydrogen) atoms. The van der Waals surface area contributed by atoms with Gasteiger partial charge in [0, 0.05) is 19.1 Å². The van der Waals surface area contributed by atoms with Crippen molar-refractivity contribution in [2.45, 2.75) is 38.3 Å². The van der Waals surface area contributed by atoms with Gasteiger partial charge in [-0.2, -0.15) is 0 Å². The predicted octanol–water partition coefficient (Wildman–Crippen LogP) is -2.43. The lowest BCUT2D eigenvalue weighted by molar-refractivity contribution is -0.138. The molecule has 0 heterocycles. The minimum Gasteiger partial charge on any atom is -0.480 e. The van der Waals surface area contributed by atoms with Crippen LogP contribution in [0.4, 0.5) is 8.78 Å². The van der Waals surface area contributed by atoms with E-state index in [1.54, 1.807) is 0 Å². The van der Waals surface area contributed by atoms with E-state index in [-0.39, 0.29) is 36.0 Å². The van der Waals surface area contributed by atoms with Gasteiger partial charge in [0.1, 0.15) is 24.2 Å². The van der Waals surface area contributed by atoms with Gasteiger partial charge in [0.05, 0.1) is 11.1 Å². The first-order valence-electron chi connectivity index (χ1n) is 12.7. The van der Waals surface area contributed by atoms with Crippen LogP contribution in [0.5, 0.6) is 0 Å². The van der Waals surface area contributed by atoms with E-state index >= 15 is 0 Å². The van der Waals surface area contributed by atoms with Crippen LogP contribution < -0.4 is 27.3 Å². The summed E-state index contributed by atoms with van der Waals surface area (Å²) in [6, 6.07) is 4.57. The minimum atomic E-state index is -1.97. The number of unbranched alkanes of at least 4 members (excludes halogenated alkanes) is 1. The number of nitrogens with zero attached hydrogens (tertiary/aromatic N) is 1. The van der Waals surface area contributed by atoms with Crippen LogP contribution in [-0.2, 0) is 9.59 Å². The Kier molecular flexibility index (Phi) is 12.9. The van der Waals surface area contributed by atoms with Crippen LogP contribution in [0.3, 0.4) is 0 Å². The van der Waals surface area contributed by atoms with E-state index in [9.17, 15) is 38.0 Å². The van der Waals surface area contributed by atoms with Crippen molar-refractivity contribution < 1.29 is 48.1 Å². The number of carbonyl (C=O) groups is 4. The highest BCUT2D eigenvalue weighted by Crippen LogP contribution is 2.13. The Morgan fingerprint density at radius 2 is 1.68 bits per heavy atom. The molecule has 220 valence electrons. The van der Waals surface area contributed by atoms with E-state index in [4.69, 9.17) is 15.9 Å². The van der Waals surface area contributed by atoms with Crippen LogP contribution in [0, 0.1) is 11.6 Å². The maximum atomic E-state index is 14.7. The van der Waals surface area contributed by atoms with E-state index in [0.717, 1.165) is 29.2 Å². The molecule has 0 saturated carbocycles. The standard InChI is InChI=1S/C25H32B2F2N4O8/c1-14(12-32-23(35)17-7-5-15(26-39)10-19(17)28)33(13-22(34)31-9-3-2-4-21(30)25(37)38)24(36)18-8-6-16(27(40)41)11-20(18)29/h5-8,10-11,14,21,26,39-41H,2-4,9,12-13,30H2,1H3,(H,31,34)(H,32,35)(H,37,38)/t14-,21-/m0/s1. The average molecular weight is 576 g/mol. The highest BCUT2D eigenvalue weighted by molar-refractivity contribution is 6.58. The molecule has 2 rings (SSSR count). The highest BCUT2D eigenvalue weighted by Gasteiger charge is 2.28. The molecule has 2 aromatic rings. The molecule has 12 nitrogen and oxygen atoms in total. The Morgan fingerprint density at radius 3 is 2.27 bits per heavy atom. The fourth-order valence-electron chi connectivity index (χ4n) is 3.79. The van der Waals surface area contributed by atoms with Gasteiger partial charge in [-0.15, -0.1) is 0 Å².